The predicted octanol–water partition coefficient (Wildman–Crippen LogP) is 1.97. The van der Waals surface area contributed by atoms with E-state index in [0.29, 0.717) is 30.6 Å². The smallest absolute Gasteiger partial charge is 0.411 e. The van der Waals surface area contributed by atoms with Crippen LogP contribution < -0.4 is 10.6 Å². The number of benzene rings is 1. The molecule has 0 spiro atoms. The van der Waals surface area contributed by atoms with Gasteiger partial charge in [0.2, 0.25) is 5.91 Å². The van der Waals surface area contributed by atoms with Crippen LogP contribution in [0.1, 0.15) is 19.3 Å². The van der Waals surface area contributed by atoms with E-state index in [1.165, 1.54) is 7.11 Å². The predicted molar refractivity (Wildman–Crippen MR) is 72.0 cm³/mol. The summed E-state index contributed by atoms with van der Waals surface area (Å²) in [4.78, 5) is 22.6. The Balaban J connectivity index is 2.52. The largest absolute Gasteiger partial charge is 0.453 e. The Labute approximate surface area is 111 Å². The topological polar surface area (TPSA) is 87.7 Å². The Morgan fingerprint density at radius 1 is 1.21 bits per heavy atom. The number of aliphatic hydroxyl groups is 1. The first-order valence-corrected chi connectivity index (χ1v) is 6.01. The molecule has 1 rings (SSSR count). The second-order valence-corrected chi connectivity index (χ2v) is 3.93. The molecular weight excluding hydrogens is 248 g/mol. The molecule has 0 radical (unpaired) electrons. The summed E-state index contributed by atoms with van der Waals surface area (Å²) in [6.45, 7) is 0.0891. The first-order valence-electron chi connectivity index (χ1n) is 6.01. The van der Waals surface area contributed by atoms with E-state index in [4.69, 9.17) is 5.11 Å². The van der Waals surface area contributed by atoms with Crippen LogP contribution in [0.2, 0.25) is 0 Å². The monoisotopic (exact) mass is 266 g/mol. The van der Waals surface area contributed by atoms with Crippen LogP contribution in [0.4, 0.5) is 16.2 Å². The first kappa shape index (κ1) is 15.0. The number of unbranched alkanes of at least 4 members (excludes halogenated alkanes) is 1. The number of hydrogen-bond donors (Lipinski definition) is 3. The van der Waals surface area contributed by atoms with Gasteiger partial charge in [-0.1, -0.05) is 6.07 Å². The van der Waals surface area contributed by atoms with E-state index in [0.717, 1.165) is 0 Å². The van der Waals surface area contributed by atoms with E-state index in [2.05, 4.69) is 15.4 Å². The molecule has 2 amide bonds. The maximum absolute atomic E-state index is 11.6. The van der Waals surface area contributed by atoms with Crippen molar-refractivity contribution >= 4 is 23.4 Å². The average Bonchev–Trinajstić information content (AvgIpc) is 2.39. The Hall–Kier alpha value is -2.08. The lowest BCUT2D eigenvalue weighted by molar-refractivity contribution is -0.116. The van der Waals surface area contributed by atoms with Gasteiger partial charge in [0.25, 0.3) is 0 Å². The molecule has 19 heavy (non-hydrogen) atoms. The summed E-state index contributed by atoms with van der Waals surface area (Å²) in [6, 6.07) is 6.78. The maximum Gasteiger partial charge on any atom is 0.411 e. The van der Waals surface area contributed by atoms with Crippen molar-refractivity contribution in [2.75, 3.05) is 24.4 Å². The number of carbonyl (C=O) groups is 2. The SMILES string of the molecule is COC(=O)Nc1cccc(NC(=O)CCCCO)c1. The summed E-state index contributed by atoms with van der Waals surface area (Å²) < 4.78 is 4.48. The molecule has 3 N–H and O–H groups in total. The number of amides is 2. The first-order chi connectivity index (χ1) is 9.15. The van der Waals surface area contributed by atoms with Gasteiger partial charge < -0.3 is 15.2 Å². The minimum Gasteiger partial charge on any atom is -0.453 e. The maximum atomic E-state index is 11.6. The minimum atomic E-state index is -0.563. The number of anilines is 2. The summed E-state index contributed by atoms with van der Waals surface area (Å²) in [6.07, 6.45) is 1.04. The zero-order chi connectivity index (χ0) is 14.1. The molecular formula is C13H18N2O4. The Morgan fingerprint density at radius 2 is 1.89 bits per heavy atom. The van der Waals surface area contributed by atoms with Gasteiger partial charge in [-0.15, -0.1) is 0 Å². The van der Waals surface area contributed by atoms with E-state index in [1.54, 1.807) is 24.3 Å². The number of aliphatic hydroxyl groups excluding tert-OH is 1. The third-order valence-electron chi connectivity index (χ3n) is 2.39. The van der Waals surface area contributed by atoms with Crippen molar-refractivity contribution in [3.63, 3.8) is 0 Å². The Morgan fingerprint density at radius 3 is 2.53 bits per heavy atom. The van der Waals surface area contributed by atoms with E-state index in [1.807, 2.05) is 0 Å². The van der Waals surface area contributed by atoms with Crippen LogP contribution in [0, 0.1) is 0 Å². The lowest BCUT2D eigenvalue weighted by atomic mass is 10.2. The number of methoxy groups -OCH3 is 1. The van der Waals surface area contributed by atoms with Gasteiger partial charge in [-0.2, -0.15) is 0 Å². The summed E-state index contributed by atoms with van der Waals surface area (Å²) in [5, 5.41) is 13.9. The van der Waals surface area contributed by atoms with Gasteiger partial charge in [0.05, 0.1) is 7.11 Å². The third-order valence-corrected chi connectivity index (χ3v) is 2.39. The van der Waals surface area contributed by atoms with Crippen LogP contribution >= 0.6 is 0 Å². The molecule has 0 atom stereocenters. The van der Waals surface area contributed by atoms with Crippen LogP contribution in [-0.2, 0) is 9.53 Å². The third kappa shape index (κ3) is 5.87. The molecule has 1 aromatic carbocycles. The highest BCUT2D eigenvalue weighted by atomic mass is 16.5. The highest BCUT2D eigenvalue weighted by molar-refractivity contribution is 5.92. The van der Waals surface area contributed by atoms with E-state index in [9.17, 15) is 9.59 Å². The lowest BCUT2D eigenvalue weighted by Crippen LogP contribution is -2.13. The zero-order valence-corrected chi connectivity index (χ0v) is 10.8. The quantitative estimate of drug-likeness (QED) is 0.687. The molecule has 0 fully saturated rings. The molecule has 6 heteroatoms. The van der Waals surface area contributed by atoms with Crippen LogP contribution in [-0.4, -0.2) is 30.8 Å². The molecule has 0 unspecified atom stereocenters. The molecule has 0 saturated carbocycles. The molecule has 0 heterocycles. The van der Waals surface area contributed by atoms with Crippen LogP contribution in [0.5, 0.6) is 0 Å². The lowest BCUT2D eigenvalue weighted by Gasteiger charge is -2.08. The Bertz CT molecular complexity index is 434. The zero-order valence-electron chi connectivity index (χ0n) is 10.8. The molecule has 0 aliphatic rings. The molecule has 0 aliphatic carbocycles. The van der Waals surface area contributed by atoms with Gasteiger partial charge in [-0.3, -0.25) is 10.1 Å². The van der Waals surface area contributed by atoms with E-state index >= 15 is 0 Å². The fourth-order valence-corrected chi connectivity index (χ4v) is 1.46. The highest BCUT2D eigenvalue weighted by Gasteiger charge is 2.04. The van der Waals surface area contributed by atoms with E-state index < -0.39 is 6.09 Å². The van der Waals surface area contributed by atoms with Crippen LogP contribution in [0.3, 0.4) is 0 Å². The molecule has 104 valence electrons. The normalized spacial score (nSPS) is 9.79. The standard InChI is InChI=1S/C13H18N2O4/c1-19-13(18)15-11-6-4-5-10(9-11)14-12(17)7-2-3-8-16/h4-6,9,16H,2-3,7-8H2,1H3,(H,14,17)(H,15,18). The molecule has 6 nitrogen and oxygen atoms in total. The second-order valence-electron chi connectivity index (χ2n) is 3.93. The van der Waals surface area contributed by atoms with Crippen LogP contribution in [0.25, 0.3) is 0 Å². The van der Waals surface area contributed by atoms with Crippen molar-refractivity contribution < 1.29 is 19.4 Å². The molecule has 1 aromatic rings. The second kappa shape index (κ2) is 8.10. The van der Waals surface area contributed by atoms with Gasteiger partial charge in [0.1, 0.15) is 0 Å². The number of rotatable bonds is 6. The number of hydrogen-bond acceptors (Lipinski definition) is 4. The van der Waals surface area contributed by atoms with Gasteiger partial charge in [-0.25, -0.2) is 4.79 Å². The fourth-order valence-electron chi connectivity index (χ4n) is 1.46. The highest BCUT2D eigenvalue weighted by Crippen LogP contribution is 2.15. The van der Waals surface area contributed by atoms with Crippen LogP contribution in [0.15, 0.2) is 24.3 Å². The summed E-state index contributed by atoms with van der Waals surface area (Å²) in [7, 11) is 1.28. The number of nitrogens with one attached hydrogen (secondary N) is 2. The van der Waals surface area contributed by atoms with Crippen molar-refractivity contribution in [3.05, 3.63) is 24.3 Å². The number of carbonyl (C=O) groups excluding carboxylic acids is 2. The summed E-state index contributed by atoms with van der Waals surface area (Å²) in [5.74, 6) is -0.122. The van der Waals surface area contributed by atoms with Crippen molar-refractivity contribution in [2.45, 2.75) is 19.3 Å². The fraction of sp³-hybridized carbons (Fsp3) is 0.385. The number of ether oxygens (including phenoxy) is 1. The van der Waals surface area contributed by atoms with Crippen molar-refractivity contribution in [1.29, 1.82) is 0 Å². The van der Waals surface area contributed by atoms with Crippen molar-refractivity contribution in [3.8, 4) is 0 Å². The molecule has 0 bridgehead atoms. The molecule has 0 aliphatic heterocycles. The molecule has 0 saturated heterocycles. The van der Waals surface area contributed by atoms with Gasteiger partial charge in [0, 0.05) is 24.4 Å². The van der Waals surface area contributed by atoms with Gasteiger partial charge in [-0.05, 0) is 31.0 Å². The Kier molecular flexibility index (Phi) is 6.38. The minimum absolute atomic E-state index is 0.0891. The summed E-state index contributed by atoms with van der Waals surface area (Å²) in [5.41, 5.74) is 1.14. The molecule has 0 aromatic heterocycles. The van der Waals surface area contributed by atoms with Gasteiger partial charge >= 0.3 is 6.09 Å². The van der Waals surface area contributed by atoms with Gasteiger partial charge in [0.15, 0.2) is 0 Å². The van der Waals surface area contributed by atoms with E-state index in [-0.39, 0.29) is 12.5 Å². The average molecular weight is 266 g/mol. The summed E-state index contributed by atoms with van der Waals surface area (Å²) >= 11 is 0. The van der Waals surface area contributed by atoms with Crippen molar-refractivity contribution in [1.82, 2.24) is 0 Å². The van der Waals surface area contributed by atoms with Crippen molar-refractivity contribution in [2.24, 2.45) is 0 Å².